The minimum atomic E-state index is -3.64. The summed E-state index contributed by atoms with van der Waals surface area (Å²) in [5.41, 5.74) is 3.40. The Morgan fingerprint density at radius 2 is 1.52 bits per heavy atom. The summed E-state index contributed by atoms with van der Waals surface area (Å²) in [5.74, 6) is 0.970. The van der Waals surface area contributed by atoms with Crippen molar-refractivity contribution in [2.75, 3.05) is 11.4 Å². The first kappa shape index (κ1) is 21.1. The van der Waals surface area contributed by atoms with Gasteiger partial charge in [0.05, 0.1) is 21.6 Å². The average Bonchev–Trinajstić information content (AvgIpc) is 3.12. The summed E-state index contributed by atoms with van der Waals surface area (Å²) in [5, 5.41) is 0. The van der Waals surface area contributed by atoms with Crippen LogP contribution in [0.3, 0.4) is 0 Å². The molecule has 1 heterocycles. The zero-order chi connectivity index (χ0) is 22.2. The third-order valence-electron chi connectivity index (χ3n) is 5.35. The molecule has 6 heteroatoms. The zero-order valence-corrected chi connectivity index (χ0v) is 19.1. The molecule has 0 saturated heterocycles. The minimum absolute atomic E-state index is 0.157. The van der Waals surface area contributed by atoms with Gasteiger partial charge in [0.25, 0.3) is 10.0 Å². The van der Waals surface area contributed by atoms with Gasteiger partial charge in [0, 0.05) is 19.0 Å². The molecule has 0 bridgehead atoms. The van der Waals surface area contributed by atoms with Crippen LogP contribution in [-0.2, 0) is 22.0 Å². The van der Waals surface area contributed by atoms with Crippen LogP contribution >= 0.6 is 0 Å². The Kier molecular flexibility index (Phi) is 5.35. The van der Waals surface area contributed by atoms with Crippen LogP contribution in [0.5, 0.6) is 0 Å². The summed E-state index contributed by atoms with van der Waals surface area (Å²) >= 11 is 0. The van der Waals surface area contributed by atoms with Crippen molar-refractivity contribution in [2.24, 2.45) is 0 Å². The normalized spacial score (nSPS) is 12.3. The van der Waals surface area contributed by atoms with Crippen LogP contribution in [0.4, 0.5) is 5.69 Å². The van der Waals surface area contributed by atoms with Crippen LogP contribution in [0.1, 0.15) is 32.2 Å². The van der Waals surface area contributed by atoms with Crippen molar-refractivity contribution in [3.63, 3.8) is 0 Å². The fraction of sp³-hybridized carbons (Fsp3) is 0.240. The molecule has 0 atom stereocenters. The predicted octanol–water partition coefficient (Wildman–Crippen LogP) is 5.21. The maximum absolute atomic E-state index is 13.0. The topological polar surface area (TPSA) is 55.2 Å². The SMILES string of the molecule is CN(c1ccc2c(c1)nc(C(C)(C)C)n2Cc1ccccc1)S(=O)(=O)c1ccccc1. The summed E-state index contributed by atoms with van der Waals surface area (Å²) in [6, 6.07) is 24.4. The van der Waals surface area contributed by atoms with Crippen LogP contribution in [-0.4, -0.2) is 25.0 Å². The Bertz CT molecular complexity index is 1310. The van der Waals surface area contributed by atoms with Gasteiger partial charge in [0.15, 0.2) is 0 Å². The number of rotatable bonds is 5. The molecule has 0 amide bonds. The highest BCUT2D eigenvalue weighted by Gasteiger charge is 2.25. The lowest BCUT2D eigenvalue weighted by molar-refractivity contribution is 0.516. The highest BCUT2D eigenvalue weighted by atomic mass is 32.2. The van der Waals surface area contributed by atoms with Gasteiger partial charge < -0.3 is 4.57 Å². The molecule has 0 aliphatic rings. The number of fused-ring (bicyclic) bond motifs is 1. The van der Waals surface area contributed by atoms with Crippen molar-refractivity contribution < 1.29 is 8.42 Å². The molecule has 4 aromatic rings. The fourth-order valence-corrected chi connectivity index (χ4v) is 4.91. The number of hydrogen-bond donors (Lipinski definition) is 0. The molecule has 0 aliphatic heterocycles. The number of aromatic nitrogens is 2. The molecule has 0 saturated carbocycles. The Morgan fingerprint density at radius 1 is 0.903 bits per heavy atom. The second kappa shape index (κ2) is 7.85. The highest BCUT2D eigenvalue weighted by Crippen LogP contribution is 2.31. The lowest BCUT2D eigenvalue weighted by Gasteiger charge is -2.20. The smallest absolute Gasteiger partial charge is 0.264 e. The highest BCUT2D eigenvalue weighted by molar-refractivity contribution is 7.92. The first-order valence-electron chi connectivity index (χ1n) is 10.3. The van der Waals surface area contributed by atoms with Crippen LogP contribution in [0, 0.1) is 0 Å². The minimum Gasteiger partial charge on any atom is -0.323 e. The van der Waals surface area contributed by atoms with Crippen molar-refractivity contribution in [3.05, 3.63) is 90.3 Å². The van der Waals surface area contributed by atoms with E-state index in [4.69, 9.17) is 4.98 Å². The Hall–Kier alpha value is -3.12. The van der Waals surface area contributed by atoms with Crippen molar-refractivity contribution >= 4 is 26.7 Å². The number of anilines is 1. The van der Waals surface area contributed by atoms with Crippen LogP contribution in [0.2, 0.25) is 0 Å². The van der Waals surface area contributed by atoms with Gasteiger partial charge >= 0.3 is 0 Å². The molecule has 0 radical (unpaired) electrons. The fourth-order valence-electron chi connectivity index (χ4n) is 3.70. The van der Waals surface area contributed by atoms with Crippen molar-refractivity contribution in [3.8, 4) is 0 Å². The number of sulfonamides is 1. The first-order chi connectivity index (χ1) is 14.7. The molecule has 31 heavy (non-hydrogen) atoms. The largest absolute Gasteiger partial charge is 0.323 e. The van der Waals surface area contributed by atoms with E-state index in [1.54, 1.807) is 37.4 Å². The van der Waals surface area contributed by atoms with Gasteiger partial charge in [-0.2, -0.15) is 0 Å². The van der Waals surface area contributed by atoms with E-state index in [2.05, 4.69) is 37.5 Å². The molecule has 0 spiro atoms. The Labute approximate surface area is 184 Å². The molecular weight excluding hydrogens is 406 g/mol. The van der Waals surface area contributed by atoms with Gasteiger partial charge in [0.1, 0.15) is 5.82 Å². The average molecular weight is 434 g/mol. The number of hydrogen-bond acceptors (Lipinski definition) is 3. The standard InChI is InChI=1S/C25H27N3O2S/c1-25(2,3)24-26-22-17-20(27(4)31(29,30)21-13-9-6-10-14-21)15-16-23(22)28(24)18-19-11-7-5-8-12-19/h5-17H,18H2,1-4H3. The van der Waals surface area contributed by atoms with E-state index in [0.717, 1.165) is 16.9 Å². The van der Waals surface area contributed by atoms with Gasteiger partial charge in [-0.25, -0.2) is 13.4 Å². The van der Waals surface area contributed by atoms with Gasteiger partial charge in [-0.05, 0) is 35.9 Å². The molecule has 0 unspecified atom stereocenters. The molecule has 3 aromatic carbocycles. The van der Waals surface area contributed by atoms with Gasteiger partial charge in [0.2, 0.25) is 0 Å². The molecule has 0 aliphatic carbocycles. The van der Waals surface area contributed by atoms with Crippen molar-refractivity contribution in [2.45, 2.75) is 37.6 Å². The summed E-state index contributed by atoms with van der Waals surface area (Å²) < 4.78 is 29.6. The van der Waals surface area contributed by atoms with Crippen molar-refractivity contribution in [1.29, 1.82) is 0 Å². The predicted molar refractivity (Wildman–Crippen MR) is 126 cm³/mol. The van der Waals surface area contributed by atoms with Crippen LogP contribution in [0.15, 0.2) is 83.8 Å². The van der Waals surface area contributed by atoms with Crippen molar-refractivity contribution in [1.82, 2.24) is 9.55 Å². The molecule has 160 valence electrons. The van der Waals surface area contributed by atoms with Crippen LogP contribution < -0.4 is 4.31 Å². The third-order valence-corrected chi connectivity index (χ3v) is 7.15. The molecule has 0 N–H and O–H groups in total. The monoisotopic (exact) mass is 433 g/mol. The Morgan fingerprint density at radius 3 is 2.13 bits per heavy atom. The van der Waals surface area contributed by atoms with Gasteiger partial charge in [-0.15, -0.1) is 0 Å². The van der Waals surface area contributed by atoms with E-state index in [1.807, 2.05) is 36.4 Å². The number of nitrogens with zero attached hydrogens (tertiary/aromatic N) is 3. The second-order valence-electron chi connectivity index (χ2n) is 8.72. The first-order valence-corrected chi connectivity index (χ1v) is 11.7. The summed E-state index contributed by atoms with van der Waals surface area (Å²) in [4.78, 5) is 5.19. The second-order valence-corrected chi connectivity index (χ2v) is 10.7. The van der Waals surface area contributed by atoms with Crippen LogP contribution in [0.25, 0.3) is 11.0 Å². The lowest BCUT2D eigenvalue weighted by Crippen LogP contribution is -2.26. The van der Waals surface area contributed by atoms with E-state index in [9.17, 15) is 8.42 Å². The van der Waals surface area contributed by atoms with E-state index in [0.29, 0.717) is 12.2 Å². The van der Waals surface area contributed by atoms with E-state index in [1.165, 1.54) is 9.87 Å². The van der Waals surface area contributed by atoms with Gasteiger partial charge in [-0.3, -0.25) is 4.31 Å². The quantitative estimate of drug-likeness (QED) is 0.434. The summed E-state index contributed by atoms with van der Waals surface area (Å²) in [7, 11) is -2.06. The van der Waals surface area contributed by atoms with E-state index in [-0.39, 0.29) is 10.3 Å². The molecule has 1 aromatic heterocycles. The maximum Gasteiger partial charge on any atom is 0.264 e. The molecular formula is C25H27N3O2S. The molecule has 0 fully saturated rings. The van der Waals surface area contributed by atoms with E-state index < -0.39 is 10.0 Å². The lowest BCUT2D eigenvalue weighted by atomic mass is 9.95. The maximum atomic E-state index is 13.0. The molecule has 4 rings (SSSR count). The summed E-state index contributed by atoms with van der Waals surface area (Å²) in [6.45, 7) is 7.13. The van der Waals surface area contributed by atoms with Gasteiger partial charge in [-0.1, -0.05) is 69.3 Å². The zero-order valence-electron chi connectivity index (χ0n) is 18.3. The number of benzene rings is 3. The summed E-state index contributed by atoms with van der Waals surface area (Å²) in [6.07, 6.45) is 0. The third kappa shape index (κ3) is 4.08. The van der Waals surface area contributed by atoms with E-state index >= 15 is 0 Å². The number of imidazole rings is 1. The molecule has 5 nitrogen and oxygen atoms in total. The Balaban J connectivity index is 1.80.